The van der Waals surface area contributed by atoms with E-state index >= 15 is 0 Å². The average molecular weight is 231 g/mol. The highest BCUT2D eigenvalue weighted by atomic mass is 16.5. The van der Waals surface area contributed by atoms with Gasteiger partial charge in [0.2, 0.25) is 0 Å². The van der Waals surface area contributed by atoms with Crippen LogP contribution < -0.4 is 9.47 Å². The van der Waals surface area contributed by atoms with E-state index < -0.39 is 0 Å². The van der Waals surface area contributed by atoms with Crippen molar-refractivity contribution in [3.8, 4) is 28.5 Å². The highest BCUT2D eigenvalue weighted by molar-refractivity contribution is 5.68. The van der Waals surface area contributed by atoms with Gasteiger partial charge in [0.15, 0.2) is 0 Å². The fourth-order valence-corrected chi connectivity index (χ4v) is 1.56. The van der Waals surface area contributed by atoms with Crippen LogP contribution in [0.1, 0.15) is 0 Å². The van der Waals surface area contributed by atoms with E-state index in [1.54, 1.807) is 50.7 Å². The molecule has 2 rings (SSSR count). The molecule has 4 heteroatoms. The summed E-state index contributed by atoms with van der Waals surface area (Å²) in [5.74, 6) is 1.44. The number of methoxy groups -OCH3 is 2. The zero-order chi connectivity index (χ0) is 12.3. The van der Waals surface area contributed by atoms with Crippen molar-refractivity contribution in [2.45, 2.75) is 0 Å². The molecule has 0 unspecified atom stereocenters. The van der Waals surface area contributed by atoms with Gasteiger partial charge in [0.05, 0.1) is 14.2 Å². The molecule has 4 nitrogen and oxygen atoms in total. The first-order valence-electron chi connectivity index (χ1n) is 5.12. The van der Waals surface area contributed by atoms with Gasteiger partial charge in [0, 0.05) is 17.8 Å². The predicted molar refractivity (Wildman–Crippen MR) is 64.4 cm³/mol. The van der Waals surface area contributed by atoms with E-state index in [1.807, 2.05) is 0 Å². The van der Waals surface area contributed by atoms with E-state index in [4.69, 9.17) is 9.47 Å². The number of aromatic hydroxyl groups is 1. The van der Waals surface area contributed by atoms with Crippen LogP contribution in [-0.4, -0.2) is 24.3 Å². The Balaban J connectivity index is 2.55. The van der Waals surface area contributed by atoms with E-state index in [9.17, 15) is 5.11 Å². The third-order valence-electron chi connectivity index (χ3n) is 2.41. The molecule has 0 saturated heterocycles. The first kappa shape index (κ1) is 11.3. The van der Waals surface area contributed by atoms with Crippen LogP contribution in [-0.2, 0) is 0 Å². The first-order valence-corrected chi connectivity index (χ1v) is 5.12. The largest absolute Gasteiger partial charge is 0.506 e. The summed E-state index contributed by atoms with van der Waals surface area (Å²) in [6.45, 7) is 0. The van der Waals surface area contributed by atoms with Crippen LogP contribution in [0.3, 0.4) is 0 Å². The molecule has 0 saturated carbocycles. The Bertz CT molecular complexity index is 504. The summed E-state index contributed by atoms with van der Waals surface area (Å²) in [5, 5.41) is 9.75. The van der Waals surface area contributed by atoms with Crippen molar-refractivity contribution in [1.82, 2.24) is 4.98 Å². The zero-order valence-electron chi connectivity index (χ0n) is 9.68. The first-order chi connectivity index (χ1) is 8.24. The summed E-state index contributed by atoms with van der Waals surface area (Å²) in [4.78, 5) is 4.14. The number of hydrogen-bond acceptors (Lipinski definition) is 4. The highest BCUT2D eigenvalue weighted by Gasteiger charge is 2.08. The van der Waals surface area contributed by atoms with E-state index in [1.165, 1.54) is 0 Å². The van der Waals surface area contributed by atoms with Crippen molar-refractivity contribution in [2.75, 3.05) is 14.2 Å². The van der Waals surface area contributed by atoms with Crippen molar-refractivity contribution in [3.63, 3.8) is 0 Å². The van der Waals surface area contributed by atoms with Crippen LogP contribution >= 0.6 is 0 Å². The van der Waals surface area contributed by atoms with Gasteiger partial charge in [0.25, 0.3) is 0 Å². The molecule has 17 heavy (non-hydrogen) atoms. The smallest absolute Gasteiger partial charge is 0.141 e. The molecule has 0 atom stereocenters. The molecule has 0 fully saturated rings. The Morgan fingerprint density at radius 2 is 1.71 bits per heavy atom. The number of nitrogens with zero attached hydrogens (tertiary/aromatic N) is 1. The number of aromatic nitrogens is 1. The normalized spacial score (nSPS) is 10.0. The van der Waals surface area contributed by atoms with E-state index in [2.05, 4.69) is 4.98 Å². The second-order valence-corrected chi connectivity index (χ2v) is 3.47. The standard InChI is InChI=1S/C13H13NO3/c1-16-10-6-9(7-11(8-10)17-2)13-12(15)4-3-5-14-13/h3-8,15H,1-2H3. The third-order valence-corrected chi connectivity index (χ3v) is 2.41. The van der Waals surface area contributed by atoms with E-state index in [0.717, 1.165) is 5.56 Å². The van der Waals surface area contributed by atoms with Gasteiger partial charge < -0.3 is 14.6 Å². The Labute approximate surface area is 99.5 Å². The van der Waals surface area contributed by atoms with Gasteiger partial charge in [-0.1, -0.05) is 0 Å². The summed E-state index contributed by atoms with van der Waals surface area (Å²) in [5.41, 5.74) is 1.25. The number of hydrogen-bond donors (Lipinski definition) is 1. The lowest BCUT2D eigenvalue weighted by molar-refractivity contribution is 0.394. The molecular weight excluding hydrogens is 218 g/mol. The van der Waals surface area contributed by atoms with Crippen molar-refractivity contribution in [1.29, 1.82) is 0 Å². The average Bonchev–Trinajstić information content (AvgIpc) is 2.38. The summed E-state index contributed by atoms with van der Waals surface area (Å²) in [6, 6.07) is 8.63. The van der Waals surface area contributed by atoms with Crippen molar-refractivity contribution < 1.29 is 14.6 Å². The van der Waals surface area contributed by atoms with Crippen molar-refractivity contribution in [3.05, 3.63) is 36.5 Å². The summed E-state index contributed by atoms with van der Waals surface area (Å²) >= 11 is 0. The maximum absolute atomic E-state index is 9.75. The topological polar surface area (TPSA) is 51.6 Å². The van der Waals surface area contributed by atoms with Crippen LogP contribution in [0.15, 0.2) is 36.5 Å². The van der Waals surface area contributed by atoms with Gasteiger partial charge in [-0.25, -0.2) is 0 Å². The fourth-order valence-electron chi connectivity index (χ4n) is 1.56. The van der Waals surface area contributed by atoms with E-state index in [0.29, 0.717) is 17.2 Å². The molecule has 0 radical (unpaired) electrons. The molecule has 1 aromatic carbocycles. The second-order valence-electron chi connectivity index (χ2n) is 3.47. The lowest BCUT2D eigenvalue weighted by atomic mass is 10.1. The monoisotopic (exact) mass is 231 g/mol. The lowest BCUT2D eigenvalue weighted by Gasteiger charge is -2.08. The van der Waals surface area contributed by atoms with Crippen molar-refractivity contribution in [2.24, 2.45) is 0 Å². The number of benzene rings is 1. The van der Waals surface area contributed by atoms with Gasteiger partial charge in [-0.2, -0.15) is 0 Å². The van der Waals surface area contributed by atoms with Gasteiger partial charge in [-0.15, -0.1) is 0 Å². The predicted octanol–water partition coefficient (Wildman–Crippen LogP) is 2.47. The van der Waals surface area contributed by atoms with Gasteiger partial charge in [-0.3, -0.25) is 4.98 Å². The molecule has 0 aliphatic rings. The van der Waals surface area contributed by atoms with Gasteiger partial charge in [-0.05, 0) is 24.3 Å². The van der Waals surface area contributed by atoms with Crippen LogP contribution in [0.5, 0.6) is 17.2 Å². The molecule has 2 aromatic rings. The molecule has 1 N–H and O–H groups in total. The van der Waals surface area contributed by atoms with Crippen LogP contribution in [0, 0.1) is 0 Å². The summed E-state index contributed by atoms with van der Waals surface area (Å²) in [7, 11) is 3.16. The molecule has 0 bridgehead atoms. The molecule has 0 aliphatic carbocycles. The number of rotatable bonds is 3. The van der Waals surface area contributed by atoms with E-state index in [-0.39, 0.29) is 5.75 Å². The maximum Gasteiger partial charge on any atom is 0.141 e. The van der Waals surface area contributed by atoms with Gasteiger partial charge >= 0.3 is 0 Å². The summed E-state index contributed by atoms with van der Waals surface area (Å²) < 4.78 is 10.3. The minimum Gasteiger partial charge on any atom is -0.506 e. The molecule has 1 aromatic heterocycles. The number of ether oxygens (including phenoxy) is 2. The Morgan fingerprint density at radius 3 is 2.24 bits per heavy atom. The van der Waals surface area contributed by atoms with Crippen LogP contribution in [0.4, 0.5) is 0 Å². The molecule has 1 heterocycles. The molecule has 88 valence electrons. The molecule has 0 amide bonds. The zero-order valence-corrected chi connectivity index (χ0v) is 9.68. The Morgan fingerprint density at radius 1 is 1.06 bits per heavy atom. The minimum absolute atomic E-state index is 0.128. The van der Waals surface area contributed by atoms with Gasteiger partial charge in [0.1, 0.15) is 22.9 Å². The fraction of sp³-hybridized carbons (Fsp3) is 0.154. The lowest BCUT2D eigenvalue weighted by Crippen LogP contribution is -1.90. The van der Waals surface area contributed by atoms with Crippen molar-refractivity contribution >= 4 is 0 Å². The molecule has 0 aliphatic heterocycles. The molecule has 0 spiro atoms. The SMILES string of the molecule is COc1cc(OC)cc(-c2ncccc2O)c1. The Kier molecular flexibility index (Phi) is 3.14. The van der Waals surface area contributed by atoms with Crippen LogP contribution in [0.2, 0.25) is 0 Å². The quantitative estimate of drug-likeness (QED) is 0.881. The summed E-state index contributed by atoms with van der Waals surface area (Å²) in [6.07, 6.45) is 1.63. The third kappa shape index (κ3) is 2.30. The van der Waals surface area contributed by atoms with Crippen LogP contribution in [0.25, 0.3) is 11.3 Å². The highest BCUT2D eigenvalue weighted by Crippen LogP contribution is 2.32. The minimum atomic E-state index is 0.128. The molecular formula is C13H13NO3. The maximum atomic E-state index is 9.75. The number of pyridine rings is 1. The Hall–Kier alpha value is -2.23. The second kappa shape index (κ2) is 4.74.